The molecule has 1 N–H and O–H groups in total. The number of pyridine rings is 4. The van der Waals surface area contributed by atoms with Crippen LogP contribution in [0, 0.1) is 11.6 Å². The van der Waals surface area contributed by atoms with E-state index in [2.05, 4.69) is 19.9 Å². The highest BCUT2D eigenvalue weighted by Crippen LogP contribution is 2.46. The minimum Gasteiger partial charge on any atom is -0.505 e. The van der Waals surface area contributed by atoms with Gasteiger partial charge in [-0.3, -0.25) is 48.9 Å². The molecular weight excluding hydrogens is 867 g/mol. The molecule has 4 aromatic heterocycles. The number of carbonyl (C=O) groups excluding carboxylic acids is 4. The van der Waals surface area contributed by atoms with Crippen molar-refractivity contribution in [2.24, 2.45) is 0 Å². The predicted octanol–water partition coefficient (Wildman–Crippen LogP) is 7.98. The molecule has 0 atom stereocenters. The fraction of sp³-hybridized carbons (Fsp3) is 0.120. The van der Waals surface area contributed by atoms with Gasteiger partial charge in [-0.2, -0.15) is 0 Å². The average Bonchev–Trinajstić information content (AvgIpc) is 3.75. The Bertz CT molecular complexity index is 3200. The van der Waals surface area contributed by atoms with Crippen molar-refractivity contribution in [1.82, 2.24) is 29.7 Å². The van der Waals surface area contributed by atoms with Crippen LogP contribution in [0.5, 0.6) is 23.0 Å². The topological polar surface area (TPSA) is 183 Å². The number of methoxy groups -OCH3 is 1. The molecule has 0 unspecified atom stereocenters. The molecule has 0 spiro atoms. The second-order valence-electron chi connectivity index (χ2n) is 15.1. The van der Waals surface area contributed by atoms with E-state index >= 15 is 0 Å². The van der Waals surface area contributed by atoms with Gasteiger partial charge in [-0.1, -0.05) is 36.4 Å². The molecule has 334 valence electrons. The Balaban J connectivity index is 0.000000169. The van der Waals surface area contributed by atoms with Crippen LogP contribution in [-0.2, 0) is 31.0 Å². The Kier molecular flexibility index (Phi) is 12.2. The lowest BCUT2D eigenvalue weighted by Crippen LogP contribution is -2.29. The number of rotatable bonds is 13. The normalized spacial score (nSPS) is 12.9. The van der Waals surface area contributed by atoms with Crippen molar-refractivity contribution in [2.45, 2.75) is 26.3 Å². The van der Waals surface area contributed by atoms with Crippen molar-refractivity contribution < 1.29 is 52.0 Å². The van der Waals surface area contributed by atoms with Crippen LogP contribution in [0.2, 0.25) is 0 Å². The van der Waals surface area contributed by atoms with Crippen molar-refractivity contribution in [3.05, 3.63) is 190 Å². The molecule has 0 radical (unpaired) electrons. The number of hydrogen-bond acceptors (Lipinski definition) is 13. The first kappa shape index (κ1) is 43.5. The molecule has 0 aliphatic carbocycles. The summed E-state index contributed by atoms with van der Waals surface area (Å²) in [6, 6.07) is 28.7. The summed E-state index contributed by atoms with van der Waals surface area (Å²) < 4.78 is 49.5. The van der Waals surface area contributed by atoms with Gasteiger partial charge in [0.05, 0.1) is 35.6 Å². The zero-order chi connectivity index (χ0) is 46.6. The number of imide groups is 2. The van der Waals surface area contributed by atoms with Gasteiger partial charge in [0.1, 0.15) is 58.5 Å². The predicted molar refractivity (Wildman–Crippen MR) is 236 cm³/mol. The molecule has 0 saturated heterocycles. The average molecular weight is 903 g/mol. The van der Waals surface area contributed by atoms with E-state index in [4.69, 9.17) is 18.9 Å². The number of phenolic OH excluding ortho intramolecular Hbond substituents is 1. The van der Waals surface area contributed by atoms with Gasteiger partial charge in [-0.15, -0.1) is 0 Å². The summed E-state index contributed by atoms with van der Waals surface area (Å²) in [6.07, 6.45) is 6.31. The highest BCUT2D eigenvalue weighted by Gasteiger charge is 2.44. The van der Waals surface area contributed by atoms with Crippen LogP contribution in [0.3, 0.4) is 0 Å². The second kappa shape index (κ2) is 18.8. The molecule has 0 saturated carbocycles. The summed E-state index contributed by atoms with van der Waals surface area (Å²) in [5.41, 5.74) is 2.93. The third-order valence-corrected chi connectivity index (χ3v) is 10.8. The van der Waals surface area contributed by atoms with E-state index in [1.807, 2.05) is 12.1 Å². The lowest BCUT2D eigenvalue weighted by atomic mass is 10.0. The summed E-state index contributed by atoms with van der Waals surface area (Å²) in [5.74, 6) is -3.05. The maximum Gasteiger partial charge on any atom is 0.265 e. The molecule has 6 heterocycles. The van der Waals surface area contributed by atoms with Gasteiger partial charge in [0, 0.05) is 42.7 Å². The molecule has 15 nitrogen and oxygen atoms in total. The van der Waals surface area contributed by atoms with Crippen molar-refractivity contribution >= 4 is 45.4 Å². The molecule has 4 aromatic carbocycles. The summed E-state index contributed by atoms with van der Waals surface area (Å²) >= 11 is 0. The van der Waals surface area contributed by atoms with E-state index in [-0.39, 0.29) is 83.9 Å². The van der Waals surface area contributed by atoms with Gasteiger partial charge >= 0.3 is 0 Å². The van der Waals surface area contributed by atoms with E-state index in [1.54, 1.807) is 67.1 Å². The number of halogens is 2. The number of aromatic nitrogens is 4. The number of hydrogen-bond donors (Lipinski definition) is 1. The van der Waals surface area contributed by atoms with Crippen molar-refractivity contribution in [3.63, 3.8) is 0 Å². The third-order valence-electron chi connectivity index (χ3n) is 10.8. The largest absolute Gasteiger partial charge is 0.505 e. The molecule has 4 amide bonds. The monoisotopic (exact) mass is 902 g/mol. The third kappa shape index (κ3) is 8.53. The first-order valence-corrected chi connectivity index (χ1v) is 20.6. The lowest BCUT2D eigenvalue weighted by Gasteiger charge is -2.16. The second-order valence-corrected chi connectivity index (χ2v) is 15.1. The maximum absolute atomic E-state index is 13.6. The van der Waals surface area contributed by atoms with Crippen molar-refractivity contribution in [3.8, 4) is 23.0 Å². The Hall–Kier alpha value is -8.70. The number of benzene rings is 4. The Morgan fingerprint density at radius 1 is 0.493 bits per heavy atom. The molecule has 0 bridgehead atoms. The van der Waals surface area contributed by atoms with E-state index < -0.39 is 35.3 Å². The molecular formula is C50H36F2N6O9. The fourth-order valence-electron chi connectivity index (χ4n) is 7.71. The van der Waals surface area contributed by atoms with Crippen LogP contribution < -0.4 is 14.2 Å². The van der Waals surface area contributed by atoms with Crippen molar-refractivity contribution in [1.29, 1.82) is 0 Å². The highest BCUT2D eigenvalue weighted by molar-refractivity contribution is 6.28. The summed E-state index contributed by atoms with van der Waals surface area (Å²) in [7, 11) is 1.45. The molecule has 67 heavy (non-hydrogen) atoms. The molecule has 8 aromatic rings. The van der Waals surface area contributed by atoms with Crippen LogP contribution in [0.15, 0.2) is 134 Å². The number of fused-ring (bicyclic) bond motifs is 4. The van der Waals surface area contributed by atoms with Crippen LogP contribution in [0.1, 0.15) is 63.9 Å². The van der Waals surface area contributed by atoms with Crippen LogP contribution in [0.4, 0.5) is 8.78 Å². The Morgan fingerprint density at radius 2 is 0.925 bits per heavy atom. The van der Waals surface area contributed by atoms with Crippen LogP contribution in [-0.4, -0.2) is 72.4 Å². The first-order chi connectivity index (χ1) is 32.6. The summed E-state index contributed by atoms with van der Waals surface area (Å²) in [6.45, 7) is -0.128. The molecule has 17 heteroatoms. The Morgan fingerprint density at radius 3 is 1.40 bits per heavy atom. The SMILES string of the molecule is COCOc1c2c(c(OCc3ccccn3)c3cccnc13)C(=O)N(Cc1ccc(F)cc1)C2=O.O=C1c2c(c(O)c3ncccc3c2OCc2ccccn2)C(=O)N1Cc1ccc(F)cc1. The summed E-state index contributed by atoms with van der Waals surface area (Å²) in [5, 5.41) is 11.7. The van der Waals surface area contributed by atoms with Gasteiger partial charge in [0.2, 0.25) is 0 Å². The molecule has 2 aliphatic heterocycles. The number of carbonyl (C=O) groups is 4. The Labute approximate surface area is 379 Å². The van der Waals surface area contributed by atoms with E-state index in [9.17, 15) is 33.1 Å². The minimum atomic E-state index is -0.665. The zero-order valence-electron chi connectivity index (χ0n) is 35.4. The zero-order valence-corrected chi connectivity index (χ0v) is 35.4. The number of phenols is 1. The van der Waals surface area contributed by atoms with Gasteiger partial charge in [0.25, 0.3) is 23.6 Å². The quantitative estimate of drug-likeness (QED) is 0.0869. The standard InChI is InChI=1S/C26H20FN3O5.C24H16FN3O4/c1-33-15-35-24-21-20(25(31)30(26(21)32)13-16-7-9-17(27)10-8-16)23(19-6-4-12-29-22(19)24)34-14-18-5-2-3-11-28-18;25-15-8-6-14(7-9-15)12-28-23(30)18-19(24(28)31)22(32-13-16-4-1-2-10-26-16)17-5-3-11-27-20(17)21(18)29/h2-12H,13-15H2,1H3;1-11,29H,12-13H2. The van der Waals surface area contributed by atoms with Crippen LogP contribution in [0.25, 0.3) is 21.8 Å². The molecule has 10 rings (SSSR count). The van der Waals surface area contributed by atoms with E-state index in [0.29, 0.717) is 38.8 Å². The molecule has 2 aliphatic rings. The minimum absolute atomic E-state index is 0.0222. The van der Waals surface area contributed by atoms with Crippen LogP contribution >= 0.6 is 0 Å². The van der Waals surface area contributed by atoms with E-state index in [0.717, 1.165) is 9.80 Å². The number of amides is 4. The maximum atomic E-state index is 13.6. The van der Waals surface area contributed by atoms with E-state index in [1.165, 1.54) is 61.8 Å². The smallest absolute Gasteiger partial charge is 0.265 e. The van der Waals surface area contributed by atoms with Gasteiger partial charge in [-0.05, 0) is 83.9 Å². The van der Waals surface area contributed by atoms with Gasteiger partial charge in [0.15, 0.2) is 18.3 Å². The van der Waals surface area contributed by atoms with Gasteiger partial charge < -0.3 is 24.1 Å². The first-order valence-electron chi connectivity index (χ1n) is 20.6. The number of ether oxygens (including phenoxy) is 4. The van der Waals surface area contributed by atoms with Gasteiger partial charge in [-0.25, -0.2) is 8.78 Å². The fourth-order valence-corrected chi connectivity index (χ4v) is 7.71. The highest BCUT2D eigenvalue weighted by atomic mass is 19.1. The number of nitrogens with zero attached hydrogens (tertiary/aromatic N) is 6. The summed E-state index contributed by atoms with van der Waals surface area (Å²) in [4.78, 5) is 72.8. The lowest BCUT2D eigenvalue weighted by molar-refractivity contribution is 0.0504. The van der Waals surface area contributed by atoms with Crippen molar-refractivity contribution in [2.75, 3.05) is 13.9 Å². The molecule has 0 fully saturated rings. The number of aromatic hydroxyl groups is 1.